The zero-order valence-corrected chi connectivity index (χ0v) is 12.4. The third kappa shape index (κ3) is 4.49. The van der Waals surface area contributed by atoms with Crippen molar-refractivity contribution < 1.29 is 13.9 Å². The summed E-state index contributed by atoms with van der Waals surface area (Å²) in [6.07, 6.45) is 0. The monoisotopic (exact) mass is 304 g/mol. The van der Waals surface area contributed by atoms with Crippen LogP contribution < -0.4 is 10.6 Å². The van der Waals surface area contributed by atoms with Crippen LogP contribution in [0, 0.1) is 12.7 Å². The fourth-order valence-corrected chi connectivity index (χ4v) is 1.76. The number of nitrogens with zero attached hydrogens (tertiary/aromatic N) is 2. The molecule has 1 amide bonds. The van der Waals surface area contributed by atoms with Crippen LogP contribution in [0.1, 0.15) is 16.2 Å². The number of methoxy groups -OCH3 is 1. The van der Waals surface area contributed by atoms with Crippen LogP contribution in [0.15, 0.2) is 30.3 Å². The number of hydrogen-bond donors (Lipinski definition) is 2. The number of nitrogens with one attached hydrogen (secondary N) is 2. The van der Waals surface area contributed by atoms with E-state index >= 15 is 0 Å². The quantitative estimate of drug-likeness (QED) is 0.800. The Hall–Kier alpha value is -2.54. The standard InChI is InChI=1S/C15H17FN4O2/c1-10-9-13(20-15(18-10)17-7-8-22-2)14(21)19-12-5-3-11(16)4-6-12/h3-6,9H,7-8H2,1-2H3,(H,19,21)(H,17,18,20). The number of carbonyl (C=O) groups is 1. The fourth-order valence-electron chi connectivity index (χ4n) is 1.76. The van der Waals surface area contributed by atoms with Gasteiger partial charge in [-0.05, 0) is 37.3 Å². The highest BCUT2D eigenvalue weighted by molar-refractivity contribution is 6.03. The maximum atomic E-state index is 12.8. The van der Waals surface area contributed by atoms with Crippen LogP contribution >= 0.6 is 0 Å². The summed E-state index contributed by atoms with van der Waals surface area (Å²) in [5, 5.41) is 5.63. The predicted octanol–water partition coefficient (Wildman–Crippen LogP) is 2.23. The highest BCUT2D eigenvalue weighted by Crippen LogP contribution is 2.11. The van der Waals surface area contributed by atoms with Crippen molar-refractivity contribution in [2.45, 2.75) is 6.92 Å². The number of anilines is 2. The zero-order valence-electron chi connectivity index (χ0n) is 12.4. The molecule has 0 aliphatic carbocycles. The number of carbonyl (C=O) groups excluding carboxylic acids is 1. The van der Waals surface area contributed by atoms with E-state index in [0.29, 0.717) is 30.5 Å². The summed E-state index contributed by atoms with van der Waals surface area (Å²) >= 11 is 0. The number of benzene rings is 1. The first kappa shape index (κ1) is 15.8. The molecule has 0 saturated carbocycles. The van der Waals surface area contributed by atoms with Crippen molar-refractivity contribution in [3.63, 3.8) is 0 Å². The first-order valence-electron chi connectivity index (χ1n) is 6.74. The summed E-state index contributed by atoms with van der Waals surface area (Å²) in [4.78, 5) is 20.5. The highest BCUT2D eigenvalue weighted by Gasteiger charge is 2.11. The second kappa shape index (κ2) is 7.46. The molecule has 0 bridgehead atoms. The topological polar surface area (TPSA) is 76.1 Å². The molecule has 1 aromatic heterocycles. The third-order valence-corrected chi connectivity index (χ3v) is 2.78. The normalized spacial score (nSPS) is 10.3. The van der Waals surface area contributed by atoms with Crippen LogP contribution in [-0.2, 0) is 4.74 Å². The molecule has 0 fully saturated rings. The second-order valence-corrected chi connectivity index (χ2v) is 4.60. The minimum absolute atomic E-state index is 0.233. The minimum atomic E-state index is -0.383. The molecule has 1 heterocycles. The summed E-state index contributed by atoms with van der Waals surface area (Å²) in [6.45, 7) is 2.82. The van der Waals surface area contributed by atoms with Crippen molar-refractivity contribution in [3.8, 4) is 0 Å². The maximum absolute atomic E-state index is 12.8. The lowest BCUT2D eigenvalue weighted by Crippen LogP contribution is -2.17. The Bertz CT molecular complexity index is 646. The Labute approximate surface area is 127 Å². The van der Waals surface area contributed by atoms with E-state index in [4.69, 9.17) is 4.74 Å². The number of hydrogen-bond acceptors (Lipinski definition) is 5. The van der Waals surface area contributed by atoms with Gasteiger partial charge >= 0.3 is 0 Å². The number of halogens is 1. The van der Waals surface area contributed by atoms with Crippen molar-refractivity contribution in [1.29, 1.82) is 0 Å². The molecule has 2 N–H and O–H groups in total. The van der Waals surface area contributed by atoms with Gasteiger partial charge in [0.2, 0.25) is 5.95 Å². The van der Waals surface area contributed by atoms with Crippen LogP contribution in [0.25, 0.3) is 0 Å². The van der Waals surface area contributed by atoms with E-state index in [9.17, 15) is 9.18 Å². The number of ether oxygens (including phenoxy) is 1. The molecule has 2 aromatic rings. The molecule has 116 valence electrons. The first-order chi connectivity index (χ1) is 10.6. The van der Waals surface area contributed by atoms with E-state index in [1.807, 2.05) is 0 Å². The number of aromatic nitrogens is 2. The predicted molar refractivity (Wildman–Crippen MR) is 81.5 cm³/mol. The molecule has 0 atom stereocenters. The van der Waals surface area contributed by atoms with Gasteiger partial charge in [0.1, 0.15) is 11.5 Å². The number of amides is 1. The molecular formula is C15H17FN4O2. The largest absolute Gasteiger partial charge is 0.383 e. The molecule has 0 unspecified atom stereocenters. The zero-order chi connectivity index (χ0) is 15.9. The Kier molecular flexibility index (Phi) is 5.37. The summed E-state index contributed by atoms with van der Waals surface area (Å²) in [5.41, 5.74) is 1.40. The molecule has 0 aliphatic heterocycles. The van der Waals surface area contributed by atoms with Crippen LogP contribution in [0.4, 0.5) is 16.0 Å². The Morgan fingerprint density at radius 1 is 1.27 bits per heavy atom. The molecule has 0 saturated heterocycles. The van der Waals surface area contributed by atoms with E-state index < -0.39 is 0 Å². The molecule has 0 spiro atoms. The summed E-state index contributed by atoms with van der Waals surface area (Å²) in [5.74, 6) is -0.381. The number of aryl methyl sites for hydroxylation is 1. The van der Waals surface area contributed by atoms with Gasteiger partial charge < -0.3 is 15.4 Å². The van der Waals surface area contributed by atoms with E-state index in [-0.39, 0.29) is 17.4 Å². The SMILES string of the molecule is COCCNc1nc(C)cc(C(=O)Nc2ccc(F)cc2)n1. The first-order valence-corrected chi connectivity index (χ1v) is 6.74. The van der Waals surface area contributed by atoms with E-state index in [0.717, 1.165) is 0 Å². The lowest BCUT2D eigenvalue weighted by molar-refractivity contribution is 0.102. The van der Waals surface area contributed by atoms with Crippen molar-refractivity contribution in [1.82, 2.24) is 9.97 Å². The van der Waals surface area contributed by atoms with E-state index in [1.54, 1.807) is 20.1 Å². The average molecular weight is 304 g/mol. The molecule has 0 radical (unpaired) electrons. The van der Waals surface area contributed by atoms with Gasteiger partial charge in [-0.3, -0.25) is 4.79 Å². The molecule has 6 nitrogen and oxygen atoms in total. The second-order valence-electron chi connectivity index (χ2n) is 4.60. The van der Waals surface area contributed by atoms with Gasteiger partial charge in [0.15, 0.2) is 0 Å². The lowest BCUT2D eigenvalue weighted by Gasteiger charge is -2.08. The average Bonchev–Trinajstić information content (AvgIpc) is 2.49. The van der Waals surface area contributed by atoms with Gasteiger partial charge in [-0.15, -0.1) is 0 Å². The summed E-state index contributed by atoms with van der Waals surface area (Å²) in [6, 6.07) is 7.11. The van der Waals surface area contributed by atoms with Gasteiger partial charge in [0.05, 0.1) is 6.61 Å². The molecule has 1 aromatic carbocycles. The van der Waals surface area contributed by atoms with Gasteiger partial charge in [-0.2, -0.15) is 0 Å². The summed E-state index contributed by atoms with van der Waals surface area (Å²) in [7, 11) is 1.60. The molecular weight excluding hydrogens is 287 g/mol. The van der Waals surface area contributed by atoms with Gasteiger partial charge in [-0.1, -0.05) is 0 Å². The van der Waals surface area contributed by atoms with Crippen molar-refractivity contribution >= 4 is 17.5 Å². The minimum Gasteiger partial charge on any atom is -0.383 e. The Balaban J connectivity index is 2.09. The van der Waals surface area contributed by atoms with Crippen LogP contribution in [0.2, 0.25) is 0 Å². The smallest absolute Gasteiger partial charge is 0.274 e. The number of rotatable bonds is 6. The van der Waals surface area contributed by atoms with Crippen LogP contribution in [0.3, 0.4) is 0 Å². The molecule has 0 aliphatic rings. The van der Waals surface area contributed by atoms with Crippen LogP contribution in [0.5, 0.6) is 0 Å². The molecule has 2 rings (SSSR count). The van der Waals surface area contributed by atoms with Crippen molar-refractivity contribution in [2.24, 2.45) is 0 Å². The Morgan fingerprint density at radius 3 is 2.68 bits per heavy atom. The fraction of sp³-hybridized carbons (Fsp3) is 0.267. The van der Waals surface area contributed by atoms with Gasteiger partial charge in [0.25, 0.3) is 5.91 Å². The van der Waals surface area contributed by atoms with Crippen molar-refractivity contribution in [2.75, 3.05) is 30.9 Å². The Morgan fingerprint density at radius 2 is 2.00 bits per heavy atom. The summed E-state index contributed by atoms with van der Waals surface area (Å²) < 4.78 is 17.8. The van der Waals surface area contributed by atoms with Gasteiger partial charge in [0, 0.05) is 25.0 Å². The van der Waals surface area contributed by atoms with Crippen molar-refractivity contribution in [3.05, 3.63) is 47.5 Å². The van der Waals surface area contributed by atoms with E-state index in [1.165, 1.54) is 24.3 Å². The third-order valence-electron chi connectivity index (χ3n) is 2.78. The molecule has 7 heteroatoms. The van der Waals surface area contributed by atoms with E-state index in [2.05, 4.69) is 20.6 Å². The lowest BCUT2D eigenvalue weighted by atomic mass is 10.3. The maximum Gasteiger partial charge on any atom is 0.274 e. The van der Waals surface area contributed by atoms with Crippen LogP contribution in [-0.4, -0.2) is 36.1 Å². The highest BCUT2D eigenvalue weighted by atomic mass is 19.1. The van der Waals surface area contributed by atoms with Gasteiger partial charge in [-0.25, -0.2) is 14.4 Å². The molecule has 22 heavy (non-hydrogen) atoms.